The average molecular weight is 381 g/mol. The van der Waals surface area contributed by atoms with Crippen molar-refractivity contribution in [1.29, 1.82) is 0 Å². The molecule has 0 bridgehead atoms. The van der Waals surface area contributed by atoms with Crippen LogP contribution < -0.4 is 0 Å². The molecule has 1 aromatic rings. The molecule has 0 aromatic carbocycles. The maximum absolute atomic E-state index is 12.7. The van der Waals surface area contributed by atoms with Gasteiger partial charge in [-0.2, -0.15) is 13.2 Å². The van der Waals surface area contributed by atoms with Crippen LogP contribution >= 0.6 is 22.6 Å². The molecule has 18 heavy (non-hydrogen) atoms. The largest absolute Gasteiger partial charge is 0.481 e. The van der Waals surface area contributed by atoms with Gasteiger partial charge in [-0.15, -0.1) is 0 Å². The Balaban J connectivity index is 3.53. The van der Waals surface area contributed by atoms with E-state index in [1.807, 2.05) is 0 Å². The Morgan fingerprint density at radius 2 is 2.00 bits per heavy atom. The number of halogens is 6. The highest BCUT2D eigenvalue weighted by atomic mass is 127. The molecule has 0 aliphatic rings. The second-order valence-corrected chi connectivity index (χ2v) is 4.25. The normalized spacial score (nSPS) is 11.9. The lowest BCUT2D eigenvalue weighted by molar-refractivity contribution is -0.141. The van der Waals surface area contributed by atoms with Crippen molar-refractivity contribution in [2.75, 3.05) is 0 Å². The Morgan fingerprint density at radius 1 is 1.44 bits per heavy atom. The van der Waals surface area contributed by atoms with Crippen LogP contribution in [0.5, 0.6) is 0 Å². The summed E-state index contributed by atoms with van der Waals surface area (Å²) >= 11 is 1.18. The molecule has 0 saturated heterocycles. The molecule has 0 fully saturated rings. The van der Waals surface area contributed by atoms with Crippen LogP contribution in [0.25, 0.3) is 0 Å². The number of pyridine rings is 1. The Bertz CT molecular complexity index is 475. The zero-order chi connectivity index (χ0) is 14.1. The number of hydrogen-bond donors (Lipinski definition) is 1. The van der Waals surface area contributed by atoms with Crippen LogP contribution in [0.4, 0.5) is 22.0 Å². The van der Waals surface area contributed by atoms with Gasteiger partial charge in [-0.1, -0.05) is 0 Å². The summed E-state index contributed by atoms with van der Waals surface area (Å²) in [5.74, 6) is -1.51. The minimum absolute atomic E-state index is 0.634. The van der Waals surface area contributed by atoms with Gasteiger partial charge in [0.2, 0.25) is 0 Å². The molecule has 1 N–H and O–H groups in total. The number of carbonyl (C=O) groups is 1. The summed E-state index contributed by atoms with van der Waals surface area (Å²) in [6.07, 6.45) is -8.64. The van der Waals surface area contributed by atoms with Crippen LogP contribution in [0.3, 0.4) is 0 Å². The molecule has 0 saturated carbocycles. The highest BCUT2D eigenvalue weighted by Gasteiger charge is 2.40. The monoisotopic (exact) mass is 381 g/mol. The van der Waals surface area contributed by atoms with Gasteiger partial charge in [0, 0.05) is 11.8 Å². The van der Waals surface area contributed by atoms with Crippen LogP contribution in [-0.4, -0.2) is 16.1 Å². The lowest BCUT2D eigenvalue weighted by Gasteiger charge is -2.16. The number of aromatic nitrogens is 1. The molecule has 3 nitrogen and oxygen atoms in total. The fraction of sp³-hybridized carbons (Fsp3) is 0.333. The summed E-state index contributed by atoms with van der Waals surface area (Å²) in [6.45, 7) is 0. The molecule has 0 aliphatic heterocycles. The fourth-order valence-corrected chi connectivity index (χ4v) is 2.10. The van der Waals surface area contributed by atoms with Crippen molar-refractivity contribution >= 4 is 28.6 Å². The summed E-state index contributed by atoms with van der Waals surface area (Å²) in [4.78, 5) is 13.7. The van der Waals surface area contributed by atoms with E-state index in [1.165, 1.54) is 22.6 Å². The molecule has 100 valence electrons. The lowest BCUT2D eigenvalue weighted by Crippen LogP contribution is -2.17. The van der Waals surface area contributed by atoms with E-state index in [0.717, 1.165) is 6.20 Å². The number of alkyl halides is 5. The van der Waals surface area contributed by atoms with E-state index in [2.05, 4.69) is 4.98 Å². The van der Waals surface area contributed by atoms with Gasteiger partial charge in [-0.3, -0.25) is 4.79 Å². The molecule has 0 unspecified atom stereocenters. The second-order valence-electron chi connectivity index (χ2n) is 3.23. The van der Waals surface area contributed by atoms with Crippen molar-refractivity contribution in [3.8, 4) is 0 Å². The lowest BCUT2D eigenvalue weighted by atomic mass is 10.0. The Kier molecular flexibility index (Phi) is 4.46. The number of hydrogen-bond acceptors (Lipinski definition) is 2. The quantitative estimate of drug-likeness (QED) is 0.497. The van der Waals surface area contributed by atoms with Crippen molar-refractivity contribution in [1.82, 2.24) is 4.98 Å². The number of carboxylic acid groups (broad SMARTS) is 1. The molecule has 9 heteroatoms. The topological polar surface area (TPSA) is 50.2 Å². The first-order valence-electron chi connectivity index (χ1n) is 4.39. The standard InChI is InChI=1S/C9H5F5INO2/c10-7(11)5-3(1-4(17)18)2-16-8(15)6(5)9(12,13)14/h2,7H,1H2,(H,17,18). The highest BCUT2D eigenvalue weighted by Crippen LogP contribution is 2.40. The van der Waals surface area contributed by atoms with Crippen LogP contribution in [0, 0.1) is 3.70 Å². The van der Waals surface area contributed by atoms with Gasteiger partial charge in [-0.05, 0) is 28.2 Å². The summed E-state index contributed by atoms with van der Waals surface area (Å²) < 4.78 is 62.8. The van der Waals surface area contributed by atoms with E-state index in [0.29, 0.717) is 0 Å². The Morgan fingerprint density at radius 3 is 2.39 bits per heavy atom. The molecule has 0 radical (unpaired) electrons. The first-order chi connectivity index (χ1) is 8.14. The summed E-state index contributed by atoms with van der Waals surface area (Å²) in [5.41, 5.74) is -3.52. The predicted octanol–water partition coefficient (Wildman–Crippen LogP) is 3.27. The van der Waals surface area contributed by atoms with Crippen LogP contribution in [-0.2, 0) is 17.4 Å². The van der Waals surface area contributed by atoms with Crippen molar-refractivity contribution < 1.29 is 31.9 Å². The average Bonchev–Trinajstić information content (AvgIpc) is 2.17. The van der Waals surface area contributed by atoms with Gasteiger partial charge in [0.25, 0.3) is 6.43 Å². The number of carboxylic acids is 1. The Labute approximate surface area is 111 Å². The van der Waals surface area contributed by atoms with E-state index in [4.69, 9.17) is 5.11 Å². The molecule has 1 aromatic heterocycles. The summed E-state index contributed by atoms with van der Waals surface area (Å²) in [6, 6.07) is 0. The molecule has 0 amide bonds. The van der Waals surface area contributed by atoms with Crippen LogP contribution in [0.1, 0.15) is 23.1 Å². The van der Waals surface area contributed by atoms with Gasteiger partial charge in [0.15, 0.2) is 0 Å². The minimum atomic E-state index is -5.01. The SMILES string of the molecule is O=C(O)Cc1cnc(I)c(C(F)(F)F)c1C(F)F. The third kappa shape index (κ3) is 3.27. The van der Waals surface area contributed by atoms with E-state index in [1.54, 1.807) is 0 Å². The van der Waals surface area contributed by atoms with Crippen molar-refractivity contribution in [2.45, 2.75) is 19.0 Å². The zero-order valence-electron chi connectivity index (χ0n) is 8.43. The second kappa shape index (κ2) is 5.33. The van der Waals surface area contributed by atoms with Gasteiger partial charge in [-0.25, -0.2) is 13.8 Å². The smallest absolute Gasteiger partial charge is 0.419 e. The van der Waals surface area contributed by atoms with Gasteiger partial charge < -0.3 is 5.11 Å². The number of nitrogens with zero attached hydrogens (tertiary/aromatic N) is 1. The van der Waals surface area contributed by atoms with Gasteiger partial charge >= 0.3 is 12.1 Å². The zero-order valence-corrected chi connectivity index (χ0v) is 10.6. The highest BCUT2D eigenvalue weighted by molar-refractivity contribution is 14.1. The molecule has 0 aliphatic carbocycles. The number of rotatable bonds is 3. The van der Waals surface area contributed by atoms with Crippen molar-refractivity contribution in [2.24, 2.45) is 0 Å². The van der Waals surface area contributed by atoms with Crippen LogP contribution in [0.15, 0.2) is 6.20 Å². The maximum Gasteiger partial charge on any atom is 0.419 e. The van der Waals surface area contributed by atoms with Gasteiger partial charge in [0.05, 0.1) is 12.0 Å². The van der Waals surface area contributed by atoms with Crippen molar-refractivity contribution in [3.63, 3.8) is 0 Å². The predicted molar refractivity (Wildman–Crippen MR) is 58.3 cm³/mol. The third-order valence-electron chi connectivity index (χ3n) is 2.00. The molecule has 0 spiro atoms. The van der Waals surface area contributed by atoms with E-state index in [-0.39, 0.29) is 0 Å². The maximum atomic E-state index is 12.7. The van der Waals surface area contributed by atoms with E-state index in [9.17, 15) is 26.7 Å². The molecular formula is C9H5F5INO2. The molecule has 1 rings (SSSR count). The molecular weight excluding hydrogens is 376 g/mol. The molecule has 1 heterocycles. The summed E-state index contributed by atoms with van der Waals surface area (Å²) in [7, 11) is 0. The van der Waals surface area contributed by atoms with E-state index >= 15 is 0 Å². The first-order valence-corrected chi connectivity index (χ1v) is 5.47. The Hall–Kier alpha value is -1.00. The fourth-order valence-electron chi connectivity index (χ4n) is 1.36. The molecule has 0 atom stereocenters. The minimum Gasteiger partial charge on any atom is -0.481 e. The van der Waals surface area contributed by atoms with Crippen molar-refractivity contribution in [3.05, 3.63) is 26.6 Å². The van der Waals surface area contributed by atoms with Crippen LogP contribution in [0.2, 0.25) is 0 Å². The third-order valence-corrected chi connectivity index (χ3v) is 2.82. The first kappa shape index (κ1) is 15.1. The van der Waals surface area contributed by atoms with Gasteiger partial charge in [0.1, 0.15) is 3.70 Å². The summed E-state index contributed by atoms with van der Waals surface area (Å²) in [5, 5.41) is 8.48. The van der Waals surface area contributed by atoms with E-state index < -0.39 is 45.4 Å². The number of aliphatic carboxylic acids is 1.